The highest BCUT2D eigenvalue weighted by atomic mass is 19.4. The second kappa shape index (κ2) is 7.52. The Bertz CT molecular complexity index is 1110. The average molecular weight is 476 g/mol. The number of aliphatic hydroxyl groups excluding tert-OH is 1. The summed E-state index contributed by atoms with van der Waals surface area (Å²) in [7, 11) is 0. The number of alkyl halides is 3. The highest BCUT2D eigenvalue weighted by molar-refractivity contribution is 5.55. The van der Waals surface area contributed by atoms with E-state index in [2.05, 4.69) is 13.8 Å². The molecule has 2 unspecified atom stereocenters. The summed E-state index contributed by atoms with van der Waals surface area (Å²) < 4.78 is 46.3. The second-order valence-electron chi connectivity index (χ2n) is 11.5. The third-order valence-corrected chi connectivity index (χ3v) is 7.67. The van der Waals surface area contributed by atoms with Gasteiger partial charge in [0.05, 0.1) is 23.0 Å². The molecule has 1 saturated carbocycles. The number of ether oxygens (including phenoxy) is 1. The van der Waals surface area contributed by atoms with E-state index in [0.717, 1.165) is 54.6 Å². The zero-order valence-electron chi connectivity index (χ0n) is 20.1. The Morgan fingerprint density at radius 3 is 2.21 bits per heavy atom. The van der Waals surface area contributed by atoms with E-state index in [-0.39, 0.29) is 5.41 Å². The molecule has 2 atom stereocenters. The Morgan fingerprint density at radius 1 is 1.03 bits per heavy atom. The molecular weight excluding hydrogens is 443 g/mol. The first-order chi connectivity index (χ1) is 15.7. The molecule has 1 aromatic carbocycles. The van der Waals surface area contributed by atoms with Crippen LogP contribution in [-0.4, -0.2) is 15.2 Å². The van der Waals surface area contributed by atoms with Crippen LogP contribution in [0.15, 0.2) is 24.3 Å². The predicted octanol–water partition coefficient (Wildman–Crippen LogP) is 6.22. The molecular formula is C27H32F3NO3. The third kappa shape index (κ3) is 3.76. The first kappa shape index (κ1) is 23.8. The number of halogens is 3. The summed E-state index contributed by atoms with van der Waals surface area (Å²) in [5.74, 6) is 0. The van der Waals surface area contributed by atoms with Crippen LogP contribution >= 0.6 is 0 Å². The molecule has 5 rings (SSSR count). The quantitative estimate of drug-likeness (QED) is 0.541. The SMILES string of the molecule is CC1(C)Cc2nc(C(C)(C)O)c3c(c2C(O)C1)C1(CCCC1)OC3c1ccc(C(F)(F)F)cc1. The van der Waals surface area contributed by atoms with Crippen molar-refractivity contribution in [2.75, 3.05) is 0 Å². The van der Waals surface area contributed by atoms with Crippen LogP contribution in [0.2, 0.25) is 0 Å². The van der Waals surface area contributed by atoms with Gasteiger partial charge in [-0.15, -0.1) is 0 Å². The van der Waals surface area contributed by atoms with E-state index in [4.69, 9.17) is 9.72 Å². The fraction of sp³-hybridized carbons (Fsp3) is 0.593. The normalized spacial score (nSPS) is 25.4. The van der Waals surface area contributed by atoms with Crippen LogP contribution in [0, 0.1) is 5.41 Å². The maximum atomic E-state index is 13.2. The molecule has 1 spiro atoms. The lowest BCUT2D eigenvalue weighted by Crippen LogP contribution is -2.33. The van der Waals surface area contributed by atoms with Gasteiger partial charge in [-0.3, -0.25) is 4.98 Å². The fourth-order valence-electron chi connectivity index (χ4n) is 6.26. The number of hydrogen-bond donors (Lipinski definition) is 2. The number of aromatic nitrogens is 1. The van der Waals surface area contributed by atoms with Gasteiger partial charge in [0, 0.05) is 16.8 Å². The topological polar surface area (TPSA) is 62.6 Å². The van der Waals surface area contributed by atoms with Gasteiger partial charge >= 0.3 is 6.18 Å². The number of pyridine rings is 1. The van der Waals surface area contributed by atoms with Crippen LogP contribution in [0.1, 0.15) is 111 Å². The summed E-state index contributed by atoms with van der Waals surface area (Å²) >= 11 is 0. The lowest BCUT2D eigenvalue weighted by atomic mass is 9.70. The minimum absolute atomic E-state index is 0.139. The Hall–Kier alpha value is -1.96. The molecule has 4 nitrogen and oxygen atoms in total. The maximum Gasteiger partial charge on any atom is 0.416 e. The Balaban J connectivity index is 1.76. The van der Waals surface area contributed by atoms with Gasteiger partial charge in [-0.2, -0.15) is 13.2 Å². The van der Waals surface area contributed by atoms with E-state index >= 15 is 0 Å². The first-order valence-corrected chi connectivity index (χ1v) is 12.0. The van der Waals surface area contributed by atoms with E-state index < -0.39 is 35.1 Å². The van der Waals surface area contributed by atoms with Gasteiger partial charge in [0.25, 0.3) is 0 Å². The average Bonchev–Trinajstić information content (AvgIpc) is 3.31. The van der Waals surface area contributed by atoms with Gasteiger partial charge in [0.15, 0.2) is 0 Å². The molecule has 3 aliphatic rings. The van der Waals surface area contributed by atoms with Crippen LogP contribution in [0.25, 0.3) is 0 Å². The van der Waals surface area contributed by atoms with Crippen molar-refractivity contribution in [2.45, 2.75) is 95.8 Å². The minimum Gasteiger partial charge on any atom is -0.388 e. The maximum absolute atomic E-state index is 13.2. The Labute approximate surface area is 198 Å². The third-order valence-electron chi connectivity index (χ3n) is 7.67. The van der Waals surface area contributed by atoms with E-state index in [9.17, 15) is 23.4 Å². The second-order valence-corrected chi connectivity index (χ2v) is 11.5. The van der Waals surface area contributed by atoms with Crippen LogP contribution in [-0.2, 0) is 28.5 Å². The standard InChI is InChI=1S/C27H32F3NO3/c1-24(2)13-17-19(18(32)14-24)21-20(23(31-17)25(3,4)33)22(34-26(21)11-5-6-12-26)15-7-9-16(10-8-15)27(28,29)30/h7-10,18,22,32-33H,5-6,11-14H2,1-4H3. The molecule has 2 aromatic rings. The van der Waals surface area contributed by atoms with Crippen LogP contribution < -0.4 is 0 Å². The van der Waals surface area contributed by atoms with Gasteiger partial charge in [0.1, 0.15) is 11.7 Å². The number of nitrogens with zero attached hydrogens (tertiary/aromatic N) is 1. The summed E-state index contributed by atoms with van der Waals surface area (Å²) in [6, 6.07) is 5.06. The molecule has 1 aromatic heterocycles. The number of benzene rings is 1. The van der Waals surface area contributed by atoms with Gasteiger partial charge in [-0.25, -0.2) is 0 Å². The van der Waals surface area contributed by atoms with Crippen molar-refractivity contribution in [3.05, 3.63) is 63.5 Å². The molecule has 0 radical (unpaired) electrons. The number of hydrogen-bond acceptors (Lipinski definition) is 4. The summed E-state index contributed by atoms with van der Waals surface area (Å²) in [6.07, 6.45) is -1.03. The van der Waals surface area contributed by atoms with Crippen LogP contribution in [0.4, 0.5) is 13.2 Å². The Morgan fingerprint density at radius 2 is 1.65 bits per heavy atom. The molecule has 2 heterocycles. The van der Waals surface area contributed by atoms with Crippen molar-refractivity contribution >= 4 is 0 Å². The van der Waals surface area contributed by atoms with Crippen molar-refractivity contribution in [3.8, 4) is 0 Å². The molecule has 0 bridgehead atoms. The van der Waals surface area contributed by atoms with E-state index in [0.29, 0.717) is 29.7 Å². The van der Waals surface area contributed by atoms with Gasteiger partial charge in [-0.05, 0) is 68.2 Å². The summed E-state index contributed by atoms with van der Waals surface area (Å²) in [6.45, 7) is 7.56. The number of rotatable bonds is 2. The number of aliphatic hydroxyl groups is 2. The monoisotopic (exact) mass is 475 g/mol. The van der Waals surface area contributed by atoms with Crippen molar-refractivity contribution < 1.29 is 28.1 Å². The first-order valence-electron chi connectivity index (χ1n) is 12.0. The van der Waals surface area contributed by atoms with Gasteiger partial charge < -0.3 is 14.9 Å². The van der Waals surface area contributed by atoms with Gasteiger partial charge in [-0.1, -0.05) is 38.8 Å². The van der Waals surface area contributed by atoms with Crippen LogP contribution in [0.3, 0.4) is 0 Å². The fourth-order valence-corrected chi connectivity index (χ4v) is 6.26. The molecule has 0 amide bonds. The summed E-state index contributed by atoms with van der Waals surface area (Å²) in [5.41, 5.74) is 1.54. The summed E-state index contributed by atoms with van der Waals surface area (Å²) in [5, 5.41) is 22.5. The molecule has 2 aliphatic carbocycles. The Kier molecular flexibility index (Phi) is 5.26. The highest BCUT2D eigenvalue weighted by Crippen LogP contribution is 2.59. The number of fused-ring (bicyclic) bond motifs is 4. The predicted molar refractivity (Wildman–Crippen MR) is 121 cm³/mol. The summed E-state index contributed by atoms with van der Waals surface area (Å²) in [4.78, 5) is 4.92. The van der Waals surface area contributed by atoms with Gasteiger partial charge in [0.2, 0.25) is 0 Å². The van der Waals surface area contributed by atoms with Crippen molar-refractivity contribution in [2.24, 2.45) is 5.41 Å². The van der Waals surface area contributed by atoms with E-state index in [1.165, 1.54) is 12.1 Å². The molecule has 0 saturated heterocycles. The molecule has 34 heavy (non-hydrogen) atoms. The molecule has 184 valence electrons. The van der Waals surface area contributed by atoms with Crippen molar-refractivity contribution in [1.29, 1.82) is 0 Å². The van der Waals surface area contributed by atoms with E-state index in [1.54, 1.807) is 13.8 Å². The van der Waals surface area contributed by atoms with E-state index in [1.807, 2.05) is 0 Å². The van der Waals surface area contributed by atoms with Crippen LogP contribution in [0.5, 0.6) is 0 Å². The van der Waals surface area contributed by atoms with Crippen molar-refractivity contribution in [1.82, 2.24) is 4.98 Å². The smallest absolute Gasteiger partial charge is 0.388 e. The zero-order valence-corrected chi connectivity index (χ0v) is 20.1. The molecule has 2 N–H and O–H groups in total. The molecule has 7 heteroatoms. The zero-order chi connectivity index (χ0) is 24.7. The lowest BCUT2D eigenvalue weighted by Gasteiger charge is -2.38. The minimum atomic E-state index is -4.42. The largest absolute Gasteiger partial charge is 0.416 e. The highest BCUT2D eigenvalue weighted by Gasteiger charge is 2.53. The van der Waals surface area contributed by atoms with Crippen molar-refractivity contribution in [3.63, 3.8) is 0 Å². The molecule has 1 fully saturated rings. The lowest BCUT2D eigenvalue weighted by molar-refractivity contribution is -0.137. The molecule has 1 aliphatic heterocycles.